The van der Waals surface area contributed by atoms with Gasteiger partial charge in [-0.15, -0.1) is 0 Å². The monoisotopic (exact) mass is 228 g/mol. The molecule has 1 rings (SSSR count). The van der Waals surface area contributed by atoms with Crippen LogP contribution in [0.3, 0.4) is 0 Å². The third kappa shape index (κ3) is 3.76. The first-order valence-corrected chi connectivity index (χ1v) is 6.23. The molecule has 0 heterocycles. The Morgan fingerprint density at radius 3 is 2.38 bits per heavy atom. The van der Waals surface area contributed by atoms with E-state index in [1.807, 2.05) is 13.8 Å². The normalized spacial score (nSPS) is 27.8. The highest BCUT2D eigenvalue weighted by molar-refractivity contribution is 5.79. The number of rotatable bonds is 4. The molecule has 0 radical (unpaired) electrons. The summed E-state index contributed by atoms with van der Waals surface area (Å²) in [5.74, 6) is 0.255. The molecule has 1 fully saturated rings. The van der Waals surface area contributed by atoms with Gasteiger partial charge in [0.15, 0.2) is 0 Å². The molecule has 4 nitrogen and oxygen atoms in total. The largest absolute Gasteiger partial charge is 0.393 e. The molecule has 4 heteroatoms. The lowest BCUT2D eigenvalue weighted by Crippen LogP contribution is -2.44. The molecule has 0 saturated heterocycles. The van der Waals surface area contributed by atoms with Gasteiger partial charge in [-0.3, -0.25) is 4.79 Å². The van der Waals surface area contributed by atoms with E-state index < -0.39 is 0 Å². The lowest BCUT2D eigenvalue weighted by Gasteiger charge is -2.28. The summed E-state index contributed by atoms with van der Waals surface area (Å²) in [6.07, 6.45) is 3.16. The summed E-state index contributed by atoms with van der Waals surface area (Å²) in [6.45, 7) is 4.43. The Morgan fingerprint density at radius 2 is 1.94 bits per heavy atom. The van der Waals surface area contributed by atoms with Gasteiger partial charge in [-0.2, -0.15) is 0 Å². The molecule has 0 aromatic rings. The van der Waals surface area contributed by atoms with E-state index in [9.17, 15) is 9.90 Å². The Bertz CT molecular complexity index is 223. The minimum absolute atomic E-state index is 0.0684. The van der Waals surface area contributed by atoms with Gasteiger partial charge in [-0.1, -0.05) is 13.8 Å². The second-order valence-electron chi connectivity index (χ2n) is 5.10. The minimum atomic E-state index is -0.177. The van der Waals surface area contributed by atoms with Gasteiger partial charge in [0.25, 0.3) is 0 Å². The fraction of sp³-hybridized carbons (Fsp3) is 0.917. The third-order valence-corrected chi connectivity index (χ3v) is 3.44. The highest BCUT2D eigenvalue weighted by atomic mass is 16.3. The average molecular weight is 228 g/mol. The Balaban J connectivity index is 2.38. The van der Waals surface area contributed by atoms with Crippen molar-refractivity contribution in [3.05, 3.63) is 0 Å². The number of amides is 1. The number of aliphatic hydroxyl groups excluding tert-OH is 1. The highest BCUT2D eigenvalue weighted by Gasteiger charge is 2.25. The number of nitrogens with one attached hydrogen (secondary N) is 1. The minimum Gasteiger partial charge on any atom is -0.393 e. The first-order valence-electron chi connectivity index (χ1n) is 6.23. The molecular weight excluding hydrogens is 204 g/mol. The fourth-order valence-electron chi connectivity index (χ4n) is 2.21. The van der Waals surface area contributed by atoms with Gasteiger partial charge in [0.05, 0.1) is 12.0 Å². The van der Waals surface area contributed by atoms with Crippen LogP contribution in [0, 0.1) is 11.8 Å². The maximum absolute atomic E-state index is 11.9. The maximum Gasteiger partial charge on any atom is 0.224 e. The van der Waals surface area contributed by atoms with Gasteiger partial charge in [0.1, 0.15) is 0 Å². The maximum atomic E-state index is 11.9. The van der Waals surface area contributed by atoms with Crippen molar-refractivity contribution in [2.75, 3.05) is 6.54 Å². The molecule has 0 spiro atoms. The molecule has 0 aliphatic heterocycles. The molecule has 1 saturated carbocycles. The van der Waals surface area contributed by atoms with Crippen LogP contribution in [-0.2, 0) is 4.79 Å². The van der Waals surface area contributed by atoms with Crippen molar-refractivity contribution < 1.29 is 9.90 Å². The van der Waals surface area contributed by atoms with Crippen molar-refractivity contribution in [2.45, 2.75) is 51.7 Å². The third-order valence-electron chi connectivity index (χ3n) is 3.44. The van der Waals surface area contributed by atoms with E-state index >= 15 is 0 Å². The summed E-state index contributed by atoms with van der Waals surface area (Å²) in [7, 11) is 0. The standard InChI is InChI=1S/C12H24N2O2/c1-8(2)11(7-13)12(16)14-9-3-5-10(15)6-4-9/h8-11,15H,3-7,13H2,1-2H3,(H,14,16). The molecule has 1 atom stereocenters. The van der Waals surface area contributed by atoms with E-state index in [2.05, 4.69) is 5.32 Å². The molecule has 1 aliphatic rings. The van der Waals surface area contributed by atoms with Gasteiger partial charge >= 0.3 is 0 Å². The Hall–Kier alpha value is -0.610. The predicted molar refractivity (Wildman–Crippen MR) is 63.8 cm³/mol. The molecule has 16 heavy (non-hydrogen) atoms. The van der Waals surface area contributed by atoms with Gasteiger partial charge < -0.3 is 16.2 Å². The molecular formula is C12H24N2O2. The van der Waals surface area contributed by atoms with E-state index in [1.165, 1.54) is 0 Å². The number of aliphatic hydroxyl groups is 1. The van der Waals surface area contributed by atoms with Crippen LogP contribution in [0.2, 0.25) is 0 Å². The van der Waals surface area contributed by atoms with Gasteiger partial charge in [-0.25, -0.2) is 0 Å². The van der Waals surface area contributed by atoms with Crippen molar-refractivity contribution in [3.63, 3.8) is 0 Å². The van der Waals surface area contributed by atoms with Crippen molar-refractivity contribution in [2.24, 2.45) is 17.6 Å². The van der Waals surface area contributed by atoms with Crippen molar-refractivity contribution in [1.29, 1.82) is 0 Å². The first-order chi connectivity index (χ1) is 7.54. The first kappa shape index (κ1) is 13.5. The predicted octanol–water partition coefficient (Wildman–Crippen LogP) is 0.637. The number of nitrogens with two attached hydrogens (primary N) is 1. The summed E-state index contributed by atoms with van der Waals surface area (Å²) >= 11 is 0. The van der Waals surface area contributed by atoms with Gasteiger partial charge in [0, 0.05) is 12.6 Å². The SMILES string of the molecule is CC(C)C(CN)C(=O)NC1CCC(O)CC1. The Labute approximate surface area is 97.6 Å². The van der Waals surface area contributed by atoms with Crippen LogP contribution >= 0.6 is 0 Å². The molecule has 0 bridgehead atoms. The van der Waals surface area contributed by atoms with Crippen LogP contribution < -0.4 is 11.1 Å². The summed E-state index contributed by atoms with van der Waals surface area (Å²) < 4.78 is 0. The van der Waals surface area contributed by atoms with Gasteiger partial charge in [0.2, 0.25) is 5.91 Å². The highest BCUT2D eigenvalue weighted by Crippen LogP contribution is 2.19. The van der Waals surface area contributed by atoms with E-state index in [1.54, 1.807) is 0 Å². The second-order valence-corrected chi connectivity index (χ2v) is 5.10. The van der Waals surface area contributed by atoms with Crippen molar-refractivity contribution in [1.82, 2.24) is 5.32 Å². The molecule has 1 amide bonds. The Morgan fingerprint density at radius 1 is 1.38 bits per heavy atom. The van der Waals surface area contributed by atoms with Gasteiger partial charge in [-0.05, 0) is 31.6 Å². The quantitative estimate of drug-likeness (QED) is 0.661. The zero-order chi connectivity index (χ0) is 12.1. The van der Waals surface area contributed by atoms with Crippen LogP contribution in [0.15, 0.2) is 0 Å². The van der Waals surface area contributed by atoms with Crippen LogP contribution in [0.25, 0.3) is 0 Å². The summed E-state index contributed by atoms with van der Waals surface area (Å²) in [5, 5.41) is 12.4. The number of hydrogen-bond acceptors (Lipinski definition) is 3. The molecule has 1 unspecified atom stereocenters. The average Bonchev–Trinajstić information content (AvgIpc) is 2.22. The van der Waals surface area contributed by atoms with Crippen LogP contribution in [-0.4, -0.2) is 29.7 Å². The molecule has 0 aromatic heterocycles. The summed E-state index contributed by atoms with van der Waals surface area (Å²) in [6, 6.07) is 0.226. The van der Waals surface area contributed by atoms with E-state index in [-0.39, 0.29) is 29.9 Å². The van der Waals surface area contributed by atoms with Crippen molar-refractivity contribution >= 4 is 5.91 Å². The number of carbonyl (C=O) groups is 1. The lowest BCUT2D eigenvalue weighted by molar-refractivity contribution is -0.127. The smallest absolute Gasteiger partial charge is 0.224 e. The van der Waals surface area contributed by atoms with E-state index in [0.29, 0.717) is 6.54 Å². The van der Waals surface area contributed by atoms with Crippen molar-refractivity contribution in [3.8, 4) is 0 Å². The van der Waals surface area contributed by atoms with Crippen LogP contribution in [0.1, 0.15) is 39.5 Å². The Kier molecular flexibility index (Phi) is 5.22. The molecule has 4 N–H and O–H groups in total. The topological polar surface area (TPSA) is 75.4 Å². The summed E-state index contributed by atoms with van der Waals surface area (Å²) in [4.78, 5) is 11.9. The van der Waals surface area contributed by atoms with E-state index in [4.69, 9.17) is 5.73 Å². The lowest BCUT2D eigenvalue weighted by atomic mass is 9.91. The zero-order valence-electron chi connectivity index (χ0n) is 10.3. The second kappa shape index (κ2) is 6.21. The number of carbonyl (C=O) groups excluding carboxylic acids is 1. The zero-order valence-corrected chi connectivity index (χ0v) is 10.3. The van der Waals surface area contributed by atoms with E-state index in [0.717, 1.165) is 25.7 Å². The molecule has 0 aromatic carbocycles. The summed E-state index contributed by atoms with van der Waals surface area (Å²) in [5.41, 5.74) is 5.60. The number of hydrogen-bond donors (Lipinski definition) is 3. The van der Waals surface area contributed by atoms with Crippen LogP contribution in [0.5, 0.6) is 0 Å². The molecule has 94 valence electrons. The van der Waals surface area contributed by atoms with Crippen LogP contribution in [0.4, 0.5) is 0 Å². The molecule has 1 aliphatic carbocycles. The fourth-order valence-corrected chi connectivity index (χ4v) is 2.21.